The van der Waals surface area contributed by atoms with E-state index in [0.717, 1.165) is 37.0 Å². The molecule has 1 unspecified atom stereocenters. The Morgan fingerprint density at radius 3 is 3.00 bits per heavy atom. The van der Waals surface area contributed by atoms with Gasteiger partial charge in [0.05, 0.1) is 5.75 Å². The number of rotatable bonds is 6. The largest absolute Gasteiger partial charge is 0.339 e. The first-order valence-electron chi connectivity index (χ1n) is 5.91. The summed E-state index contributed by atoms with van der Waals surface area (Å²) in [4.78, 5) is 4.41. The van der Waals surface area contributed by atoms with Crippen LogP contribution in [-0.2, 0) is 12.2 Å². The smallest absolute Gasteiger partial charge is 0.227 e. The van der Waals surface area contributed by atoms with E-state index < -0.39 is 0 Å². The van der Waals surface area contributed by atoms with Gasteiger partial charge in [0, 0.05) is 11.7 Å². The van der Waals surface area contributed by atoms with Crippen LogP contribution in [0.1, 0.15) is 32.0 Å². The zero-order valence-electron chi connectivity index (χ0n) is 9.90. The van der Waals surface area contributed by atoms with Crippen molar-refractivity contribution >= 4 is 11.8 Å². The molecule has 16 heavy (non-hydrogen) atoms. The molecule has 0 bridgehead atoms. The first kappa shape index (κ1) is 11.9. The Labute approximate surface area is 101 Å². The van der Waals surface area contributed by atoms with E-state index in [2.05, 4.69) is 29.3 Å². The minimum atomic E-state index is 0.665. The van der Waals surface area contributed by atoms with Gasteiger partial charge in [0.1, 0.15) is 0 Å². The van der Waals surface area contributed by atoms with Gasteiger partial charge in [-0.2, -0.15) is 16.7 Å². The summed E-state index contributed by atoms with van der Waals surface area (Å²) in [7, 11) is 0. The molecule has 0 spiro atoms. The fourth-order valence-corrected chi connectivity index (χ4v) is 2.29. The van der Waals surface area contributed by atoms with Crippen molar-refractivity contribution in [1.29, 1.82) is 0 Å². The van der Waals surface area contributed by atoms with E-state index in [0.29, 0.717) is 11.2 Å². The molecule has 2 heterocycles. The van der Waals surface area contributed by atoms with Crippen molar-refractivity contribution in [3.63, 3.8) is 0 Å². The maximum absolute atomic E-state index is 5.23. The molecule has 0 radical (unpaired) electrons. The zero-order chi connectivity index (χ0) is 11.4. The van der Waals surface area contributed by atoms with Gasteiger partial charge in [-0.3, -0.25) is 0 Å². The fourth-order valence-electron chi connectivity index (χ4n) is 1.51. The van der Waals surface area contributed by atoms with Crippen molar-refractivity contribution in [2.45, 2.75) is 37.7 Å². The molecule has 4 nitrogen and oxygen atoms in total. The molecule has 1 atom stereocenters. The molecule has 1 aromatic rings. The molecular formula is C11H19N3OS. The van der Waals surface area contributed by atoms with Crippen molar-refractivity contribution in [3.05, 3.63) is 11.7 Å². The number of nitrogens with zero attached hydrogens (tertiary/aromatic N) is 2. The van der Waals surface area contributed by atoms with Crippen molar-refractivity contribution in [1.82, 2.24) is 15.5 Å². The minimum Gasteiger partial charge on any atom is -0.339 e. The lowest BCUT2D eigenvalue weighted by Crippen LogP contribution is -2.43. The van der Waals surface area contributed by atoms with E-state index in [1.807, 2.05) is 11.8 Å². The van der Waals surface area contributed by atoms with Crippen LogP contribution in [0.25, 0.3) is 0 Å². The second-order valence-electron chi connectivity index (χ2n) is 4.36. The van der Waals surface area contributed by atoms with E-state index in [1.54, 1.807) is 0 Å². The molecule has 90 valence electrons. The first-order valence-corrected chi connectivity index (χ1v) is 6.96. The van der Waals surface area contributed by atoms with Gasteiger partial charge in [0.2, 0.25) is 5.89 Å². The Hall–Kier alpha value is -0.550. The summed E-state index contributed by atoms with van der Waals surface area (Å²) in [5, 5.41) is 7.91. The molecule has 5 heteroatoms. The standard InChI is InChI=1S/C11H19N3OS/c1-3-8(2)16-7-10-13-11(15-14-10)4-9-5-12-6-9/h8-9,12H,3-7H2,1-2H3. The lowest BCUT2D eigenvalue weighted by Gasteiger charge is -2.25. The molecule has 0 saturated carbocycles. The molecule has 0 amide bonds. The number of aromatic nitrogens is 2. The SMILES string of the molecule is CCC(C)SCc1noc(CC2CNC2)n1. The van der Waals surface area contributed by atoms with Crippen LogP contribution < -0.4 is 5.32 Å². The topological polar surface area (TPSA) is 51.0 Å². The van der Waals surface area contributed by atoms with Crippen molar-refractivity contribution < 1.29 is 4.52 Å². The molecular weight excluding hydrogens is 222 g/mol. The van der Waals surface area contributed by atoms with E-state index in [9.17, 15) is 0 Å². The zero-order valence-corrected chi connectivity index (χ0v) is 10.7. The Balaban J connectivity index is 1.77. The highest BCUT2D eigenvalue weighted by Gasteiger charge is 2.20. The molecule has 1 aliphatic heterocycles. The first-order chi connectivity index (χ1) is 7.78. The highest BCUT2D eigenvalue weighted by molar-refractivity contribution is 7.99. The van der Waals surface area contributed by atoms with Gasteiger partial charge in [-0.15, -0.1) is 0 Å². The maximum Gasteiger partial charge on any atom is 0.227 e. The second-order valence-corrected chi connectivity index (χ2v) is 5.79. The molecule has 0 aromatic carbocycles. The molecule has 1 N–H and O–H groups in total. The van der Waals surface area contributed by atoms with Crippen molar-refractivity contribution in [2.75, 3.05) is 13.1 Å². The summed E-state index contributed by atoms with van der Waals surface area (Å²) in [6, 6.07) is 0. The van der Waals surface area contributed by atoms with E-state index in [4.69, 9.17) is 4.52 Å². The molecule has 1 aromatic heterocycles. The average Bonchev–Trinajstić information content (AvgIpc) is 2.68. The Morgan fingerprint density at radius 2 is 2.38 bits per heavy atom. The minimum absolute atomic E-state index is 0.665. The summed E-state index contributed by atoms with van der Waals surface area (Å²) in [5.74, 6) is 3.19. The predicted molar refractivity (Wildman–Crippen MR) is 65.4 cm³/mol. The van der Waals surface area contributed by atoms with Gasteiger partial charge < -0.3 is 9.84 Å². The van der Waals surface area contributed by atoms with Gasteiger partial charge in [0.15, 0.2) is 5.82 Å². The summed E-state index contributed by atoms with van der Waals surface area (Å²) >= 11 is 1.88. The molecule has 0 aliphatic carbocycles. The monoisotopic (exact) mass is 241 g/mol. The number of hydrogen-bond donors (Lipinski definition) is 1. The van der Waals surface area contributed by atoms with Crippen LogP contribution in [0.15, 0.2) is 4.52 Å². The lowest BCUT2D eigenvalue weighted by molar-refractivity contribution is 0.295. The third-order valence-electron chi connectivity index (χ3n) is 2.91. The number of nitrogens with one attached hydrogen (secondary N) is 1. The van der Waals surface area contributed by atoms with Crippen LogP contribution in [0.2, 0.25) is 0 Å². The highest BCUT2D eigenvalue weighted by atomic mass is 32.2. The molecule has 1 saturated heterocycles. The third-order valence-corrected chi connectivity index (χ3v) is 4.24. The van der Waals surface area contributed by atoms with Crippen LogP contribution in [0.4, 0.5) is 0 Å². The molecule has 1 aliphatic rings. The summed E-state index contributed by atoms with van der Waals surface area (Å²) < 4.78 is 5.23. The van der Waals surface area contributed by atoms with Crippen LogP contribution in [0, 0.1) is 5.92 Å². The van der Waals surface area contributed by atoms with Gasteiger partial charge in [-0.05, 0) is 25.4 Å². The van der Waals surface area contributed by atoms with Crippen LogP contribution in [0.5, 0.6) is 0 Å². The third kappa shape index (κ3) is 3.22. The molecule has 2 rings (SSSR count). The highest BCUT2D eigenvalue weighted by Crippen LogP contribution is 2.18. The number of thioether (sulfide) groups is 1. The van der Waals surface area contributed by atoms with Gasteiger partial charge in [-0.1, -0.05) is 19.0 Å². The number of hydrogen-bond acceptors (Lipinski definition) is 5. The Kier molecular flexibility index (Phi) is 4.23. The van der Waals surface area contributed by atoms with Crippen molar-refractivity contribution in [2.24, 2.45) is 5.92 Å². The summed E-state index contributed by atoms with van der Waals surface area (Å²) in [5.41, 5.74) is 0. The fraction of sp³-hybridized carbons (Fsp3) is 0.818. The van der Waals surface area contributed by atoms with Gasteiger partial charge in [0.25, 0.3) is 0 Å². The average molecular weight is 241 g/mol. The van der Waals surface area contributed by atoms with Gasteiger partial charge in [-0.25, -0.2) is 0 Å². The lowest BCUT2D eigenvalue weighted by atomic mass is 10.00. The second kappa shape index (κ2) is 5.68. The van der Waals surface area contributed by atoms with E-state index >= 15 is 0 Å². The normalized spacial score (nSPS) is 18.4. The van der Waals surface area contributed by atoms with Crippen LogP contribution >= 0.6 is 11.8 Å². The summed E-state index contributed by atoms with van der Waals surface area (Å²) in [6.07, 6.45) is 2.11. The van der Waals surface area contributed by atoms with Crippen molar-refractivity contribution in [3.8, 4) is 0 Å². The van der Waals surface area contributed by atoms with Crippen LogP contribution in [0.3, 0.4) is 0 Å². The predicted octanol–water partition coefficient (Wildman–Crippen LogP) is 1.86. The van der Waals surface area contributed by atoms with Gasteiger partial charge >= 0.3 is 0 Å². The van der Waals surface area contributed by atoms with E-state index in [-0.39, 0.29) is 0 Å². The Morgan fingerprint density at radius 1 is 1.56 bits per heavy atom. The summed E-state index contributed by atoms with van der Waals surface area (Å²) in [6.45, 7) is 6.59. The maximum atomic E-state index is 5.23. The van der Waals surface area contributed by atoms with Crippen LogP contribution in [-0.4, -0.2) is 28.5 Å². The van der Waals surface area contributed by atoms with E-state index in [1.165, 1.54) is 6.42 Å². The molecule has 1 fully saturated rings. The Bertz CT molecular complexity index is 325. The quantitative estimate of drug-likeness (QED) is 0.824.